The highest BCUT2D eigenvalue weighted by Crippen LogP contribution is 2.39. The lowest BCUT2D eigenvalue weighted by atomic mass is 10.0. The van der Waals surface area contributed by atoms with E-state index in [1.807, 2.05) is 25.8 Å². The number of fused-ring (bicyclic) bond motifs is 1. The normalized spacial score (nSPS) is 16.9. The summed E-state index contributed by atoms with van der Waals surface area (Å²) in [6, 6.07) is 6.95. The third-order valence-corrected chi connectivity index (χ3v) is 7.92. The molecule has 234 valence electrons. The first-order chi connectivity index (χ1) is 20.5. The Bertz CT molecular complexity index is 1460. The lowest BCUT2D eigenvalue weighted by molar-refractivity contribution is -0.126. The quantitative estimate of drug-likeness (QED) is 0.189. The van der Waals surface area contributed by atoms with Gasteiger partial charge in [0.25, 0.3) is 5.91 Å². The van der Waals surface area contributed by atoms with Crippen molar-refractivity contribution in [3.8, 4) is 17.6 Å². The molecule has 4 rings (SSSR count). The predicted octanol–water partition coefficient (Wildman–Crippen LogP) is 6.85. The molecule has 1 amide bonds. The Balaban J connectivity index is 0.00000248. The molecular weight excluding hydrogens is 587 g/mol. The van der Waals surface area contributed by atoms with Crippen LogP contribution in [0.5, 0.6) is 5.75 Å². The lowest BCUT2D eigenvalue weighted by Crippen LogP contribution is -2.46. The summed E-state index contributed by atoms with van der Waals surface area (Å²) >= 11 is 1.12. The first kappa shape index (κ1) is 33.9. The molecule has 0 radical (unpaired) electrons. The van der Waals surface area contributed by atoms with Gasteiger partial charge in [0.05, 0.1) is 52.6 Å². The highest BCUT2D eigenvalue weighted by molar-refractivity contribution is 7.20. The van der Waals surface area contributed by atoms with E-state index in [0.29, 0.717) is 35.3 Å². The van der Waals surface area contributed by atoms with Crippen LogP contribution in [0.4, 0.5) is 33.3 Å². The monoisotopic (exact) mass is 624 g/mol. The summed E-state index contributed by atoms with van der Waals surface area (Å²) in [5.41, 5.74) is 0.700. The Hall–Kier alpha value is -3.56. The molecule has 1 fully saturated rings. The molecule has 2 aromatic carbocycles. The molecule has 6 nitrogen and oxygen atoms in total. The summed E-state index contributed by atoms with van der Waals surface area (Å²) in [5, 5.41) is 9.06. The maximum atomic E-state index is 14.7. The molecule has 1 aromatic heterocycles. The number of likely N-dealkylation sites (tertiary alicyclic amines) is 1. The molecule has 0 spiro atoms. The minimum Gasteiger partial charge on any atom is -0.495 e. The average molecular weight is 625 g/mol. The summed E-state index contributed by atoms with van der Waals surface area (Å²) in [7, 11) is 3.22. The molecule has 0 bridgehead atoms. The van der Waals surface area contributed by atoms with Crippen LogP contribution in [0.2, 0.25) is 0 Å². The molecule has 2 atom stereocenters. The van der Waals surface area contributed by atoms with Gasteiger partial charge in [0.2, 0.25) is 0 Å². The molecule has 12 heteroatoms. The molecule has 2 heterocycles. The van der Waals surface area contributed by atoms with Gasteiger partial charge in [-0.1, -0.05) is 37.8 Å². The van der Waals surface area contributed by atoms with Gasteiger partial charge in [-0.2, -0.15) is 13.2 Å². The van der Waals surface area contributed by atoms with Crippen molar-refractivity contribution in [2.45, 2.75) is 52.0 Å². The number of halogens is 5. The number of amides is 1. The molecule has 0 saturated carbocycles. The lowest BCUT2D eigenvalue weighted by Gasteiger charge is -2.33. The van der Waals surface area contributed by atoms with Crippen molar-refractivity contribution < 1.29 is 31.5 Å². The Morgan fingerprint density at radius 1 is 1.21 bits per heavy atom. The number of piperidine rings is 1. The van der Waals surface area contributed by atoms with Crippen LogP contribution in [0.1, 0.15) is 48.0 Å². The molecule has 3 N–H and O–H groups in total. The fourth-order valence-electron chi connectivity index (χ4n) is 4.73. The van der Waals surface area contributed by atoms with Crippen LogP contribution >= 0.6 is 11.3 Å². The largest absolute Gasteiger partial charge is 0.495 e. The first-order valence-corrected chi connectivity index (χ1v) is 14.9. The number of benzene rings is 2. The van der Waals surface area contributed by atoms with Crippen molar-refractivity contribution in [2.75, 3.05) is 51.0 Å². The zero-order chi connectivity index (χ0) is 31.7. The number of nitrogens with one attached hydrogen (secondary N) is 3. The number of hydrogen-bond donors (Lipinski definition) is 3. The van der Waals surface area contributed by atoms with E-state index in [9.17, 15) is 26.7 Å². The number of alkyl halides is 4. The van der Waals surface area contributed by atoms with Gasteiger partial charge in [-0.15, -0.1) is 11.3 Å². The standard InChI is InChI=1S/C29H31F5N4O2S.C2H6/c1-4-35-28(39)18-13-25(40-3)24(14-20(18)30)36-11-6-9-26-19(15-29(32,33)34)17-7-5-8-23(27(17)41-26)37-22-10-12-38(2)16-21(22)31;1-2/h5,7-8,13-14,21-22,36-37H,4,10-12,15-16H2,1-3H3,(H,35,39);1-2H3. The summed E-state index contributed by atoms with van der Waals surface area (Å²) in [6.07, 6.45) is -6.16. The number of carbonyl (C=O) groups excluding carboxylic acids is 1. The molecule has 2 unspecified atom stereocenters. The Kier molecular flexibility index (Phi) is 12.0. The predicted molar refractivity (Wildman–Crippen MR) is 164 cm³/mol. The minimum absolute atomic E-state index is 0.0275. The fraction of sp³-hybridized carbons (Fsp3) is 0.452. The minimum atomic E-state index is -4.46. The Morgan fingerprint density at radius 2 is 1.95 bits per heavy atom. The fourth-order valence-corrected chi connectivity index (χ4v) is 5.90. The molecular formula is C31H37F5N4O2S. The molecule has 3 aromatic rings. The number of nitrogens with zero attached hydrogens (tertiary/aromatic N) is 1. The molecule has 43 heavy (non-hydrogen) atoms. The molecule has 1 aliphatic heterocycles. The van der Waals surface area contributed by atoms with Crippen LogP contribution in [0.3, 0.4) is 0 Å². The number of ether oxygens (including phenoxy) is 1. The summed E-state index contributed by atoms with van der Waals surface area (Å²) < 4.78 is 75.8. The maximum Gasteiger partial charge on any atom is 0.393 e. The number of anilines is 2. The van der Waals surface area contributed by atoms with Gasteiger partial charge in [0.1, 0.15) is 17.7 Å². The average Bonchev–Trinajstić information content (AvgIpc) is 3.30. The van der Waals surface area contributed by atoms with Crippen LogP contribution in [0.15, 0.2) is 30.3 Å². The van der Waals surface area contributed by atoms with E-state index in [-0.39, 0.29) is 40.5 Å². The Labute approximate surface area is 253 Å². The summed E-state index contributed by atoms with van der Waals surface area (Å²) in [5.74, 6) is 4.53. The summed E-state index contributed by atoms with van der Waals surface area (Å²) in [4.78, 5) is 14.2. The van der Waals surface area contributed by atoms with Gasteiger partial charge in [0, 0.05) is 25.7 Å². The highest BCUT2D eigenvalue weighted by Gasteiger charge is 2.32. The van der Waals surface area contributed by atoms with E-state index in [4.69, 9.17) is 4.74 Å². The van der Waals surface area contributed by atoms with Crippen LogP contribution in [0, 0.1) is 17.7 Å². The van der Waals surface area contributed by atoms with E-state index < -0.39 is 36.5 Å². The second-order valence-corrected chi connectivity index (χ2v) is 10.8. The van der Waals surface area contributed by atoms with E-state index in [2.05, 4.69) is 27.8 Å². The van der Waals surface area contributed by atoms with Gasteiger partial charge in [-0.3, -0.25) is 4.79 Å². The topological polar surface area (TPSA) is 65.6 Å². The molecule has 0 aliphatic carbocycles. The summed E-state index contributed by atoms with van der Waals surface area (Å²) in [6.45, 7) is 7.01. The van der Waals surface area contributed by atoms with Gasteiger partial charge >= 0.3 is 6.18 Å². The van der Waals surface area contributed by atoms with Crippen molar-refractivity contribution in [1.29, 1.82) is 0 Å². The van der Waals surface area contributed by atoms with Gasteiger partial charge in [-0.05, 0) is 43.5 Å². The van der Waals surface area contributed by atoms with Crippen LogP contribution in [0.25, 0.3) is 10.1 Å². The number of carbonyl (C=O) groups is 1. The van der Waals surface area contributed by atoms with E-state index in [1.54, 1.807) is 25.1 Å². The van der Waals surface area contributed by atoms with Crippen LogP contribution in [-0.4, -0.2) is 69.5 Å². The van der Waals surface area contributed by atoms with Crippen molar-refractivity contribution in [2.24, 2.45) is 0 Å². The smallest absolute Gasteiger partial charge is 0.393 e. The first-order valence-electron chi connectivity index (χ1n) is 14.1. The van der Waals surface area contributed by atoms with Crippen molar-refractivity contribution >= 4 is 38.7 Å². The zero-order valence-electron chi connectivity index (χ0n) is 24.8. The van der Waals surface area contributed by atoms with Crippen LogP contribution < -0.4 is 20.7 Å². The van der Waals surface area contributed by atoms with Gasteiger partial charge < -0.3 is 25.6 Å². The second kappa shape index (κ2) is 15.3. The third-order valence-electron chi connectivity index (χ3n) is 6.72. The number of methoxy groups -OCH3 is 1. The zero-order valence-corrected chi connectivity index (χ0v) is 25.7. The highest BCUT2D eigenvalue weighted by atomic mass is 32.1. The van der Waals surface area contributed by atoms with Crippen molar-refractivity contribution in [3.05, 3.63) is 52.2 Å². The van der Waals surface area contributed by atoms with Crippen molar-refractivity contribution in [3.63, 3.8) is 0 Å². The number of thiophene rings is 1. The van der Waals surface area contributed by atoms with E-state index in [0.717, 1.165) is 17.4 Å². The molecule has 1 saturated heterocycles. The van der Waals surface area contributed by atoms with Crippen LogP contribution in [-0.2, 0) is 6.42 Å². The maximum absolute atomic E-state index is 14.7. The Morgan fingerprint density at radius 3 is 2.60 bits per heavy atom. The third kappa shape index (κ3) is 8.74. The SMILES string of the molecule is CC.CCNC(=O)c1cc(OC)c(NCC#Cc2sc3c(NC4CCN(C)CC4F)cccc3c2CC(F)(F)F)cc1F. The molecule has 1 aliphatic rings. The van der Waals surface area contributed by atoms with E-state index in [1.165, 1.54) is 13.2 Å². The number of hydrogen-bond acceptors (Lipinski definition) is 6. The van der Waals surface area contributed by atoms with Crippen molar-refractivity contribution in [1.82, 2.24) is 10.2 Å². The van der Waals surface area contributed by atoms with Gasteiger partial charge in [-0.25, -0.2) is 8.78 Å². The van der Waals surface area contributed by atoms with Gasteiger partial charge in [0.15, 0.2) is 0 Å². The number of rotatable bonds is 8. The second-order valence-electron chi connectivity index (χ2n) is 9.75. The van der Waals surface area contributed by atoms with E-state index >= 15 is 0 Å².